The topological polar surface area (TPSA) is 35.2 Å². The van der Waals surface area contributed by atoms with Gasteiger partial charge in [-0.15, -0.1) is 0 Å². The fourth-order valence-electron chi connectivity index (χ4n) is 2.67. The van der Waals surface area contributed by atoms with Crippen LogP contribution >= 0.6 is 0 Å². The molecular weight excluding hydrogens is 241 g/mol. The van der Waals surface area contributed by atoms with Crippen molar-refractivity contribution in [1.29, 1.82) is 0 Å². The summed E-state index contributed by atoms with van der Waals surface area (Å²) < 4.78 is 19.9. The molecule has 1 fully saturated rings. The van der Waals surface area contributed by atoms with E-state index in [2.05, 4.69) is 13.8 Å². The van der Waals surface area contributed by atoms with Crippen molar-refractivity contribution in [1.82, 2.24) is 0 Å². The van der Waals surface area contributed by atoms with E-state index in [0.717, 1.165) is 31.2 Å². The van der Waals surface area contributed by atoms with Gasteiger partial charge in [0.15, 0.2) is 11.6 Å². The molecule has 0 radical (unpaired) electrons. The molecule has 1 aliphatic rings. The molecule has 2 rings (SSSR count). The monoisotopic (exact) mass is 265 g/mol. The van der Waals surface area contributed by atoms with Gasteiger partial charge in [0.2, 0.25) is 0 Å². The van der Waals surface area contributed by atoms with Crippen molar-refractivity contribution in [3.63, 3.8) is 0 Å². The first kappa shape index (κ1) is 14.3. The highest BCUT2D eigenvalue weighted by Crippen LogP contribution is 2.38. The summed E-state index contributed by atoms with van der Waals surface area (Å²) in [5, 5.41) is 0. The molecule has 3 heteroatoms. The molecule has 2 nitrogen and oxygen atoms in total. The molecule has 106 valence electrons. The summed E-state index contributed by atoms with van der Waals surface area (Å²) in [6.45, 7) is 6.41. The van der Waals surface area contributed by atoms with Crippen LogP contribution in [0.25, 0.3) is 0 Å². The summed E-state index contributed by atoms with van der Waals surface area (Å²) in [6, 6.07) is 4.75. The zero-order chi connectivity index (χ0) is 14.0. The summed E-state index contributed by atoms with van der Waals surface area (Å²) in [5.41, 5.74) is 7.03. The Labute approximate surface area is 115 Å². The smallest absolute Gasteiger partial charge is 0.165 e. The lowest BCUT2D eigenvalue weighted by molar-refractivity contribution is 0.0941. The van der Waals surface area contributed by atoms with Gasteiger partial charge in [-0.1, -0.05) is 26.0 Å². The normalized spacial score (nSPS) is 21.1. The van der Waals surface area contributed by atoms with Crippen LogP contribution in [-0.2, 0) is 0 Å². The van der Waals surface area contributed by atoms with E-state index in [4.69, 9.17) is 10.5 Å². The van der Waals surface area contributed by atoms with Crippen molar-refractivity contribution < 1.29 is 9.13 Å². The van der Waals surface area contributed by atoms with Crippen LogP contribution in [0.1, 0.15) is 58.1 Å². The summed E-state index contributed by atoms with van der Waals surface area (Å²) in [6.07, 6.45) is 4.33. The molecule has 0 unspecified atom stereocenters. The van der Waals surface area contributed by atoms with Gasteiger partial charge in [0.25, 0.3) is 0 Å². The zero-order valence-electron chi connectivity index (χ0n) is 12.1. The second kappa shape index (κ2) is 5.49. The van der Waals surface area contributed by atoms with Gasteiger partial charge in [-0.3, -0.25) is 0 Å². The van der Waals surface area contributed by atoms with Crippen LogP contribution in [0.5, 0.6) is 5.75 Å². The highest BCUT2D eigenvalue weighted by molar-refractivity contribution is 5.37. The van der Waals surface area contributed by atoms with E-state index in [-0.39, 0.29) is 18.0 Å². The zero-order valence-corrected chi connectivity index (χ0v) is 12.1. The highest BCUT2D eigenvalue weighted by atomic mass is 19.1. The molecule has 0 saturated heterocycles. The Morgan fingerprint density at radius 1 is 1.32 bits per heavy atom. The van der Waals surface area contributed by atoms with Gasteiger partial charge >= 0.3 is 0 Å². The predicted octanol–water partition coefficient (Wildman–Crippen LogP) is 4.19. The lowest BCUT2D eigenvalue weighted by atomic mass is 9.76. The van der Waals surface area contributed by atoms with Crippen LogP contribution in [0, 0.1) is 11.2 Å². The number of nitrogens with two attached hydrogens (primary N) is 1. The Balaban J connectivity index is 2.11. The quantitative estimate of drug-likeness (QED) is 0.889. The Hall–Kier alpha value is -1.09. The van der Waals surface area contributed by atoms with Crippen LogP contribution in [0.4, 0.5) is 4.39 Å². The number of hydrogen-bond donors (Lipinski definition) is 1. The highest BCUT2D eigenvalue weighted by Gasteiger charge is 2.29. The number of benzene rings is 1. The molecule has 19 heavy (non-hydrogen) atoms. The molecule has 0 heterocycles. The first-order valence-electron chi connectivity index (χ1n) is 7.10. The van der Waals surface area contributed by atoms with Crippen molar-refractivity contribution in [3.8, 4) is 5.75 Å². The first-order valence-corrected chi connectivity index (χ1v) is 7.10. The fraction of sp³-hybridized carbons (Fsp3) is 0.625. The summed E-state index contributed by atoms with van der Waals surface area (Å²) in [5.74, 6) is 0.0434. The summed E-state index contributed by atoms with van der Waals surface area (Å²) >= 11 is 0. The van der Waals surface area contributed by atoms with E-state index in [0.29, 0.717) is 11.2 Å². The van der Waals surface area contributed by atoms with Crippen LogP contribution in [0.2, 0.25) is 0 Å². The van der Waals surface area contributed by atoms with Crippen LogP contribution < -0.4 is 10.5 Å². The van der Waals surface area contributed by atoms with Gasteiger partial charge in [-0.05, 0) is 44.1 Å². The van der Waals surface area contributed by atoms with Gasteiger partial charge in [0.05, 0.1) is 6.10 Å². The minimum absolute atomic E-state index is 0.113. The second-order valence-corrected chi connectivity index (χ2v) is 6.43. The van der Waals surface area contributed by atoms with Crippen molar-refractivity contribution in [2.45, 2.75) is 58.6 Å². The lowest BCUT2D eigenvalue weighted by Crippen LogP contribution is -2.29. The summed E-state index contributed by atoms with van der Waals surface area (Å²) in [4.78, 5) is 0. The molecule has 0 bridgehead atoms. The summed E-state index contributed by atoms with van der Waals surface area (Å²) in [7, 11) is 0. The van der Waals surface area contributed by atoms with E-state index >= 15 is 0 Å². The third kappa shape index (κ3) is 3.47. The third-order valence-corrected chi connectivity index (χ3v) is 4.06. The number of hydrogen-bond acceptors (Lipinski definition) is 2. The van der Waals surface area contributed by atoms with E-state index in [1.165, 1.54) is 6.07 Å². The number of halogens is 1. The molecule has 1 aliphatic carbocycles. The van der Waals surface area contributed by atoms with Crippen LogP contribution in [0.15, 0.2) is 18.2 Å². The molecule has 0 aliphatic heterocycles. The molecule has 2 N–H and O–H groups in total. The van der Waals surface area contributed by atoms with Crippen molar-refractivity contribution in [3.05, 3.63) is 29.6 Å². The Bertz CT molecular complexity index is 432. The van der Waals surface area contributed by atoms with Gasteiger partial charge < -0.3 is 10.5 Å². The minimum Gasteiger partial charge on any atom is -0.487 e. The molecule has 1 atom stereocenters. The number of ether oxygens (including phenoxy) is 1. The predicted molar refractivity (Wildman–Crippen MR) is 75.7 cm³/mol. The molecule has 1 aromatic carbocycles. The Kier molecular flexibility index (Phi) is 4.14. The van der Waals surface area contributed by atoms with Gasteiger partial charge in [0.1, 0.15) is 0 Å². The van der Waals surface area contributed by atoms with E-state index < -0.39 is 0 Å². The average molecular weight is 265 g/mol. The molecule has 0 amide bonds. The lowest BCUT2D eigenvalue weighted by Gasteiger charge is -2.34. The fourth-order valence-corrected chi connectivity index (χ4v) is 2.67. The number of para-hydroxylation sites is 1. The maximum absolute atomic E-state index is 13.9. The van der Waals surface area contributed by atoms with Crippen molar-refractivity contribution in [2.24, 2.45) is 11.1 Å². The van der Waals surface area contributed by atoms with Gasteiger partial charge in [-0.25, -0.2) is 4.39 Å². The van der Waals surface area contributed by atoms with Gasteiger partial charge in [-0.2, -0.15) is 0 Å². The average Bonchev–Trinajstić information content (AvgIpc) is 2.33. The molecule has 0 spiro atoms. The maximum atomic E-state index is 13.9. The van der Waals surface area contributed by atoms with E-state index in [1.54, 1.807) is 6.07 Å². The van der Waals surface area contributed by atoms with Gasteiger partial charge in [0, 0.05) is 11.6 Å². The first-order chi connectivity index (χ1) is 8.89. The Morgan fingerprint density at radius 3 is 2.53 bits per heavy atom. The van der Waals surface area contributed by atoms with Crippen molar-refractivity contribution >= 4 is 0 Å². The van der Waals surface area contributed by atoms with Crippen molar-refractivity contribution in [2.75, 3.05) is 0 Å². The molecule has 0 aromatic heterocycles. The van der Waals surface area contributed by atoms with Crippen LogP contribution in [-0.4, -0.2) is 6.10 Å². The molecular formula is C16H24FNO. The van der Waals surface area contributed by atoms with E-state index in [9.17, 15) is 4.39 Å². The van der Waals surface area contributed by atoms with Crippen LogP contribution in [0.3, 0.4) is 0 Å². The molecule has 1 aromatic rings. The Morgan fingerprint density at radius 2 is 1.95 bits per heavy atom. The standard InChI is InChI=1S/C16H24FNO/c1-11(18)13-5-4-6-14(17)15(13)19-12-7-9-16(2,3)10-8-12/h4-6,11-12H,7-10,18H2,1-3H3/t11-/m1/s1. The number of rotatable bonds is 3. The minimum atomic E-state index is -0.306. The maximum Gasteiger partial charge on any atom is 0.165 e. The second-order valence-electron chi connectivity index (χ2n) is 6.43. The van der Waals surface area contributed by atoms with E-state index in [1.807, 2.05) is 13.0 Å². The largest absolute Gasteiger partial charge is 0.487 e. The third-order valence-electron chi connectivity index (χ3n) is 4.06. The molecule has 1 saturated carbocycles. The SMILES string of the molecule is C[C@@H](N)c1cccc(F)c1OC1CCC(C)(C)CC1.